The summed E-state index contributed by atoms with van der Waals surface area (Å²) in [5.41, 5.74) is 0.556. The van der Waals surface area contributed by atoms with Gasteiger partial charge in [-0.1, -0.05) is 11.3 Å². The van der Waals surface area contributed by atoms with Crippen LogP contribution in [0.5, 0.6) is 0 Å². The molecule has 0 amide bonds. The average molecular weight is 368 g/mol. The Morgan fingerprint density at radius 3 is 2.67 bits per heavy atom. The lowest BCUT2D eigenvalue weighted by Crippen LogP contribution is -2.42. The first kappa shape index (κ1) is 17.4. The minimum atomic E-state index is -0.411. The molecular weight excluding hydrogens is 348 g/mol. The Kier molecular flexibility index (Phi) is 5.57. The van der Waals surface area contributed by atoms with Crippen molar-refractivity contribution in [2.24, 2.45) is 0 Å². The maximum Gasteiger partial charge on any atom is 0.325 e. The number of carbonyl (C=O) groups is 1. The smallest absolute Gasteiger partial charge is 0.325 e. The molecule has 6 nitrogen and oxygen atoms in total. The topological polar surface area (TPSA) is 81.5 Å². The average Bonchev–Trinajstić information content (AvgIpc) is 3.02. The fourth-order valence-corrected chi connectivity index (χ4v) is 5.96. The van der Waals surface area contributed by atoms with Crippen LogP contribution in [0, 0.1) is 10.1 Å². The van der Waals surface area contributed by atoms with Crippen molar-refractivity contribution in [1.29, 1.82) is 0 Å². The first-order valence-electron chi connectivity index (χ1n) is 8.07. The molecule has 0 radical (unpaired) electrons. The summed E-state index contributed by atoms with van der Waals surface area (Å²) >= 11 is 2.81. The van der Waals surface area contributed by atoms with Gasteiger partial charge in [0.05, 0.1) is 22.0 Å². The molecule has 4 heterocycles. The molecule has 3 aliphatic heterocycles. The van der Waals surface area contributed by atoms with Crippen LogP contribution in [0.2, 0.25) is 0 Å². The number of ketones is 1. The Morgan fingerprint density at radius 2 is 2.12 bits per heavy atom. The molecule has 130 valence electrons. The molecule has 0 unspecified atom stereocenters. The number of carbonyl (C=O) groups excluding carboxylic acids is 1. The van der Waals surface area contributed by atoms with E-state index < -0.39 is 4.92 Å². The number of fused-ring (bicyclic) bond motifs is 1. The van der Waals surface area contributed by atoms with Crippen LogP contribution in [0.15, 0.2) is 22.6 Å². The summed E-state index contributed by atoms with van der Waals surface area (Å²) in [6, 6.07) is 1.43. The molecule has 0 aromatic carbocycles. The Labute approximate surface area is 148 Å². The van der Waals surface area contributed by atoms with Crippen molar-refractivity contribution in [2.45, 2.75) is 41.1 Å². The zero-order valence-electron chi connectivity index (χ0n) is 13.3. The van der Waals surface area contributed by atoms with Crippen LogP contribution < -0.4 is 5.32 Å². The van der Waals surface area contributed by atoms with Gasteiger partial charge in [-0.15, -0.1) is 11.8 Å². The van der Waals surface area contributed by atoms with E-state index in [1.165, 1.54) is 18.9 Å². The van der Waals surface area contributed by atoms with E-state index in [1.54, 1.807) is 18.0 Å². The summed E-state index contributed by atoms with van der Waals surface area (Å²) in [5.74, 6) is 0.0648. The van der Waals surface area contributed by atoms with E-state index in [0.717, 1.165) is 48.1 Å². The Bertz CT molecular complexity index is 643. The number of nitrogens with one attached hydrogen (secondary N) is 1. The number of Topliss-reactive ketones (excluding diaryl/α,β-unsaturated/α-hetero) is 1. The van der Waals surface area contributed by atoms with Crippen molar-refractivity contribution in [3.05, 3.63) is 34.1 Å². The van der Waals surface area contributed by atoms with Crippen LogP contribution in [-0.4, -0.2) is 35.1 Å². The summed E-state index contributed by atoms with van der Waals surface area (Å²) in [4.78, 5) is 22.5. The van der Waals surface area contributed by atoms with E-state index in [9.17, 15) is 14.9 Å². The Hall–Kier alpha value is -1.38. The third kappa shape index (κ3) is 3.99. The molecule has 8 heteroatoms. The number of ether oxygens (including phenoxy) is 1. The molecule has 0 bridgehead atoms. The second-order valence-electron chi connectivity index (χ2n) is 6.06. The van der Waals surface area contributed by atoms with Gasteiger partial charge in [0, 0.05) is 22.8 Å². The highest BCUT2D eigenvalue weighted by Gasteiger charge is 2.42. The number of piperidine rings is 1. The molecule has 3 aliphatic rings. The van der Waals surface area contributed by atoms with Crippen molar-refractivity contribution in [3.63, 3.8) is 0 Å². The van der Waals surface area contributed by atoms with Crippen LogP contribution in [0.1, 0.15) is 42.5 Å². The molecule has 1 N–H and O–H groups in total. The Balaban J connectivity index is 0.000000238. The SMILES string of the molecule is C1=COCCC1.O=C1CC2(CCNCC2)Sc2sc([N+](=O)[O-])cc21. The van der Waals surface area contributed by atoms with Crippen molar-refractivity contribution >= 4 is 33.9 Å². The van der Waals surface area contributed by atoms with Gasteiger partial charge in [-0.2, -0.15) is 0 Å². The third-order valence-electron chi connectivity index (χ3n) is 4.30. The highest BCUT2D eigenvalue weighted by molar-refractivity contribution is 8.02. The highest BCUT2D eigenvalue weighted by atomic mass is 32.2. The second kappa shape index (κ2) is 7.67. The summed E-state index contributed by atoms with van der Waals surface area (Å²) in [7, 11) is 0. The number of allylic oxidation sites excluding steroid dienone is 1. The van der Waals surface area contributed by atoms with Crippen molar-refractivity contribution in [2.75, 3.05) is 19.7 Å². The molecule has 24 heavy (non-hydrogen) atoms. The number of rotatable bonds is 1. The zero-order valence-corrected chi connectivity index (χ0v) is 14.9. The minimum absolute atomic E-state index is 0.0337. The number of nitro groups is 1. The van der Waals surface area contributed by atoms with E-state index in [1.807, 2.05) is 6.08 Å². The quantitative estimate of drug-likeness (QED) is 0.600. The van der Waals surface area contributed by atoms with E-state index in [0.29, 0.717) is 12.0 Å². The normalized spacial score (nSPS) is 21.4. The first-order valence-corrected chi connectivity index (χ1v) is 9.71. The molecule has 1 spiro atoms. The highest BCUT2D eigenvalue weighted by Crippen LogP contribution is 2.52. The second-order valence-corrected chi connectivity index (χ2v) is 8.83. The van der Waals surface area contributed by atoms with Crippen LogP contribution in [0.3, 0.4) is 0 Å². The van der Waals surface area contributed by atoms with Gasteiger partial charge in [0.2, 0.25) is 0 Å². The van der Waals surface area contributed by atoms with Crippen molar-refractivity contribution in [3.8, 4) is 0 Å². The number of thioether (sulfide) groups is 1. The minimum Gasteiger partial charge on any atom is -0.502 e. The molecule has 1 aromatic rings. The van der Waals surface area contributed by atoms with Crippen molar-refractivity contribution < 1.29 is 14.5 Å². The van der Waals surface area contributed by atoms with Gasteiger partial charge in [-0.3, -0.25) is 14.9 Å². The summed E-state index contributed by atoms with van der Waals surface area (Å²) in [5, 5.41) is 14.1. The standard InChI is InChI=1S/C11H12N2O3S2.C5H8O/c14-8-6-11(1-3-12-4-2-11)18-10-7(8)5-9(17-10)13(15)16;1-2-4-6-5-3-1/h5,12H,1-4,6H2;2,4H,1,3,5H2. The predicted octanol–water partition coefficient (Wildman–Crippen LogP) is 3.77. The fraction of sp³-hybridized carbons (Fsp3) is 0.562. The Morgan fingerprint density at radius 1 is 1.33 bits per heavy atom. The van der Waals surface area contributed by atoms with Gasteiger partial charge in [0.25, 0.3) is 0 Å². The number of thiophene rings is 1. The monoisotopic (exact) mass is 368 g/mol. The van der Waals surface area contributed by atoms with E-state index in [4.69, 9.17) is 4.74 Å². The first-order chi connectivity index (χ1) is 11.6. The van der Waals surface area contributed by atoms with Gasteiger partial charge in [-0.25, -0.2) is 0 Å². The lowest BCUT2D eigenvalue weighted by molar-refractivity contribution is -0.380. The maximum atomic E-state index is 12.1. The van der Waals surface area contributed by atoms with Crippen LogP contribution in [0.4, 0.5) is 5.00 Å². The lowest BCUT2D eigenvalue weighted by Gasteiger charge is -2.38. The zero-order chi connectivity index (χ0) is 17.0. The van der Waals surface area contributed by atoms with Gasteiger partial charge < -0.3 is 10.1 Å². The molecule has 0 aliphatic carbocycles. The number of nitrogens with zero attached hydrogens (tertiary/aromatic N) is 1. The fourth-order valence-electron chi connectivity index (χ4n) is 2.99. The predicted molar refractivity (Wildman–Crippen MR) is 94.9 cm³/mol. The van der Waals surface area contributed by atoms with Gasteiger partial charge >= 0.3 is 5.00 Å². The molecule has 1 aromatic heterocycles. The van der Waals surface area contributed by atoms with E-state index in [2.05, 4.69) is 5.32 Å². The third-order valence-corrected chi connectivity index (χ3v) is 7.07. The molecular formula is C16H20N2O4S2. The van der Waals surface area contributed by atoms with Crippen LogP contribution >= 0.6 is 23.1 Å². The van der Waals surface area contributed by atoms with Gasteiger partial charge in [0.15, 0.2) is 5.78 Å². The molecule has 0 saturated carbocycles. The largest absolute Gasteiger partial charge is 0.502 e. The summed E-state index contributed by atoms with van der Waals surface area (Å²) in [6.07, 6.45) is 8.62. The van der Waals surface area contributed by atoms with E-state index >= 15 is 0 Å². The molecule has 4 rings (SSSR count). The van der Waals surface area contributed by atoms with Gasteiger partial charge in [0.1, 0.15) is 0 Å². The number of hydrogen-bond donors (Lipinski definition) is 1. The molecule has 0 atom stereocenters. The summed E-state index contributed by atoms with van der Waals surface area (Å²) < 4.78 is 5.69. The van der Waals surface area contributed by atoms with Gasteiger partial charge in [-0.05, 0) is 44.8 Å². The maximum absolute atomic E-state index is 12.1. The van der Waals surface area contributed by atoms with Crippen molar-refractivity contribution in [1.82, 2.24) is 5.32 Å². The van der Waals surface area contributed by atoms with Crippen LogP contribution in [-0.2, 0) is 4.74 Å². The molecule has 1 saturated heterocycles. The molecule has 1 fully saturated rings. The lowest BCUT2D eigenvalue weighted by atomic mass is 9.89. The van der Waals surface area contributed by atoms with Crippen LogP contribution in [0.25, 0.3) is 0 Å². The summed E-state index contributed by atoms with van der Waals surface area (Å²) in [6.45, 7) is 2.75. The number of hydrogen-bond acceptors (Lipinski definition) is 7. The van der Waals surface area contributed by atoms with E-state index in [-0.39, 0.29) is 15.5 Å².